The molecule has 0 aliphatic carbocycles. The highest BCUT2D eigenvalue weighted by Gasteiger charge is 2.19. The van der Waals surface area contributed by atoms with Crippen LogP contribution in [0, 0.1) is 0 Å². The third-order valence-corrected chi connectivity index (χ3v) is 3.95. The van der Waals surface area contributed by atoms with Crippen molar-refractivity contribution in [2.24, 2.45) is 5.73 Å². The van der Waals surface area contributed by atoms with E-state index in [0.29, 0.717) is 6.04 Å². The molecule has 1 aliphatic heterocycles. The van der Waals surface area contributed by atoms with Crippen molar-refractivity contribution in [2.75, 3.05) is 37.0 Å². The SMILES string of the molecule is CN(C)c1ccc(-c2nc(N3CCC(N)CC3)n[nH]2)cc1. The second kappa shape index (κ2) is 5.73. The minimum atomic E-state index is 0.318. The van der Waals surface area contributed by atoms with E-state index in [1.54, 1.807) is 0 Å². The van der Waals surface area contributed by atoms with Gasteiger partial charge < -0.3 is 15.5 Å². The first-order valence-electron chi connectivity index (χ1n) is 7.34. The molecule has 6 nitrogen and oxygen atoms in total. The first-order valence-corrected chi connectivity index (χ1v) is 7.34. The van der Waals surface area contributed by atoms with Crippen LogP contribution in [0.2, 0.25) is 0 Å². The number of hydrogen-bond acceptors (Lipinski definition) is 5. The van der Waals surface area contributed by atoms with Gasteiger partial charge in [0.15, 0.2) is 5.82 Å². The quantitative estimate of drug-likeness (QED) is 0.893. The van der Waals surface area contributed by atoms with Gasteiger partial charge in [0.1, 0.15) is 0 Å². The number of nitrogens with one attached hydrogen (secondary N) is 1. The Bertz CT molecular complexity index is 580. The van der Waals surface area contributed by atoms with E-state index in [1.165, 1.54) is 5.69 Å². The molecule has 0 amide bonds. The minimum Gasteiger partial charge on any atom is -0.378 e. The molecule has 1 saturated heterocycles. The number of H-pyrrole nitrogens is 1. The summed E-state index contributed by atoms with van der Waals surface area (Å²) in [6, 6.07) is 8.60. The van der Waals surface area contributed by atoms with Crippen LogP contribution < -0.4 is 15.5 Å². The smallest absolute Gasteiger partial charge is 0.245 e. The zero-order chi connectivity index (χ0) is 14.8. The lowest BCUT2D eigenvalue weighted by Gasteiger charge is -2.28. The monoisotopic (exact) mass is 286 g/mol. The number of piperidine rings is 1. The highest BCUT2D eigenvalue weighted by Crippen LogP contribution is 2.22. The van der Waals surface area contributed by atoms with E-state index in [4.69, 9.17) is 5.73 Å². The van der Waals surface area contributed by atoms with E-state index in [0.717, 1.165) is 43.3 Å². The molecule has 112 valence electrons. The predicted octanol–water partition coefficient (Wildman–Crippen LogP) is 1.47. The van der Waals surface area contributed by atoms with Crippen molar-refractivity contribution in [1.82, 2.24) is 15.2 Å². The molecule has 6 heteroatoms. The first-order chi connectivity index (χ1) is 10.1. The van der Waals surface area contributed by atoms with Gasteiger partial charge in [-0.3, -0.25) is 5.10 Å². The second-order valence-electron chi connectivity index (χ2n) is 5.75. The average Bonchev–Trinajstić information content (AvgIpc) is 2.98. The molecule has 0 radical (unpaired) electrons. The van der Waals surface area contributed by atoms with Crippen molar-refractivity contribution in [3.8, 4) is 11.4 Å². The summed E-state index contributed by atoms with van der Waals surface area (Å²) in [5.74, 6) is 1.58. The normalized spacial score (nSPS) is 16.2. The Morgan fingerprint density at radius 3 is 2.48 bits per heavy atom. The van der Waals surface area contributed by atoms with Gasteiger partial charge in [0, 0.05) is 44.5 Å². The lowest BCUT2D eigenvalue weighted by molar-refractivity contribution is 0.496. The molecule has 1 aliphatic rings. The van der Waals surface area contributed by atoms with Crippen LogP contribution in [0.3, 0.4) is 0 Å². The number of hydrogen-bond donors (Lipinski definition) is 2. The fraction of sp³-hybridized carbons (Fsp3) is 0.467. The van der Waals surface area contributed by atoms with Crippen molar-refractivity contribution in [3.63, 3.8) is 0 Å². The van der Waals surface area contributed by atoms with E-state index in [1.807, 2.05) is 14.1 Å². The van der Waals surface area contributed by atoms with Gasteiger partial charge in [-0.1, -0.05) is 0 Å². The van der Waals surface area contributed by atoms with Crippen molar-refractivity contribution < 1.29 is 0 Å². The highest BCUT2D eigenvalue weighted by atomic mass is 15.4. The molecule has 0 saturated carbocycles. The van der Waals surface area contributed by atoms with Crippen molar-refractivity contribution in [1.29, 1.82) is 0 Å². The summed E-state index contributed by atoms with van der Waals surface area (Å²) in [7, 11) is 4.06. The van der Waals surface area contributed by atoms with Crippen LogP contribution in [0.5, 0.6) is 0 Å². The molecule has 3 rings (SSSR count). The maximum absolute atomic E-state index is 5.93. The largest absolute Gasteiger partial charge is 0.378 e. The number of aromatic nitrogens is 3. The van der Waals surface area contributed by atoms with E-state index in [2.05, 4.69) is 49.2 Å². The van der Waals surface area contributed by atoms with Crippen molar-refractivity contribution in [2.45, 2.75) is 18.9 Å². The van der Waals surface area contributed by atoms with Crippen LogP contribution in [0.1, 0.15) is 12.8 Å². The number of aromatic amines is 1. The molecule has 2 heterocycles. The maximum atomic E-state index is 5.93. The molecular formula is C15H22N6. The van der Waals surface area contributed by atoms with Crippen LogP contribution in [0.25, 0.3) is 11.4 Å². The van der Waals surface area contributed by atoms with Crippen molar-refractivity contribution in [3.05, 3.63) is 24.3 Å². The van der Waals surface area contributed by atoms with E-state index in [-0.39, 0.29) is 0 Å². The number of nitrogens with zero attached hydrogens (tertiary/aromatic N) is 4. The van der Waals surface area contributed by atoms with Gasteiger partial charge in [-0.15, -0.1) is 5.10 Å². The predicted molar refractivity (Wildman–Crippen MR) is 85.6 cm³/mol. The van der Waals surface area contributed by atoms with Gasteiger partial charge in [-0.2, -0.15) is 4.98 Å². The summed E-state index contributed by atoms with van der Waals surface area (Å²) < 4.78 is 0. The number of benzene rings is 1. The number of rotatable bonds is 3. The van der Waals surface area contributed by atoms with E-state index < -0.39 is 0 Å². The van der Waals surface area contributed by atoms with Gasteiger partial charge in [0.05, 0.1) is 0 Å². The zero-order valence-corrected chi connectivity index (χ0v) is 12.6. The van der Waals surface area contributed by atoms with Crippen LogP contribution in [-0.4, -0.2) is 48.4 Å². The Morgan fingerprint density at radius 1 is 1.19 bits per heavy atom. The molecule has 1 aromatic heterocycles. The molecule has 0 spiro atoms. The summed E-state index contributed by atoms with van der Waals surface area (Å²) in [5, 5.41) is 7.37. The van der Waals surface area contributed by atoms with Crippen LogP contribution in [-0.2, 0) is 0 Å². The van der Waals surface area contributed by atoms with Gasteiger partial charge in [-0.05, 0) is 37.1 Å². The Hall–Kier alpha value is -2.08. The summed E-state index contributed by atoms with van der Waals surface area (Å²) in [5.41, 5.74) is 8.15. The summed E-state index contributed by atoms with van der Waals surface area (Å²) in [6.07, 6.45) is 2.00. The molecule has 2 aromatic rings. The molecule has 0 bridgehead atoms. The second-order valence-corrected chi connectivity index (χ2v) is 5.75. The summed E-state index contributed by atoms with van der Waals surface area (Å²) >= 11 is 0. The lowest BCUT2D eigenvalue weighted by atomic mass is 10.1. The topological polar surface area (TPSA) is 74.1 Å². The molecule has 0 unspecified atom stereocenters. The zero-order valence-electron chi connectivity index (χ0n) is 12.6. The summed E-state index contributed by atoms with van der Waals surface area (Å²) in [6.45, 7) is 1.86. The lowest BCUT2D eigenvalue weighted by Crippen LogP contribution is -2.40. The number of anilines is 2. The first kappa shape index (κ1) is 13.9. The average molecular weight is 286 g/mol. The third-order valence-electron chi connectivity index (χ3n) is 3.95. The van der Waals surface area contributed by atoms with Crippen molar-refractivity contribution >= 4 is 11.6 Å². The molecule has 21 heavy (non-hydrogen) atoms. The van der Waals surface area contributed by atoms with Crippen LogP contribution in [0.15, 0.2) is 24.3 Å². The molecule has 3 N–H and O–H groups in total. The maximum Gasteiger partial charge on any atom is 0.245 e. The molecule has 1 fully saturated rings. The molecule has 1 aromatic carbocycles. The highest BCUT2D eigenvalue weighted by molar-refractivity contribution is 5.61. The summed E-state index contributed by atoms with van der Waals surface area (Å²) in [4.78, 5) is 8.88. The molecular weight excluding hydrogens is 264 g/mol. The minimum absolute atomic E-state index is 0.318. The Labute approximate surface area is 125 Å². The van der Waals surface area contributed by atoms with E-state index >= 15 is 0 Å². The third kappa shape index (κ3) is 3.00. The Balaban J connectivity index is 1.75. The number of nitrogens with two attached hydrogens (primary N) is 1. The Kier molecular flexibility index (Phi) is 3.79. The Morgan fingerprint density at radius 2 is 1.86 bits per heavy atom. The fourth-order valence-electron chi connectivity index (χ4n) is 2.54. The molecule has 0 atom stereocenters. The van der Waals surface area contributed by atoms with Gasteiger partial charge >= 0.3 is 0 Å². The van der Waals surface area contributed by atoms with Crippen LogP contribution in [0.4, 0.5) is 11.6 Å². The van der Waals surface area contributed by atoms with Gasteiger partial charge in [-0.25, -0.2) is 0 Å². The van der Waals surface area contributed by atoms with Gasteiger partial charge in [0.2, 0.25) is 5.95 Å². The van der Waals surface area contributed by atoms with E-state index in [9.17, 15) is 0 Å². The standard InChI is InChI=1S/C15H22N6/c1-20(2)13-5-3-11(4-6-13)14-17-15(19-18-14)21-9-7-12(16)8-10-21/h3-6,12H,7-10,16H2,1-2H3,(H,17,18,19). The fourth-order valence-corrected chi connectivity index (χ4v) is 2.54. The van der Waals surface area contributed by atoms with Gasteiger partial charge in [0.25, 0.3) is 0 Å². The van der Waals surface area contributed by atoms with Crippen LogP contribution >= 0.6 is 0 Å².